The Labute approximate surface area is 170 Å². The van der Waals surface area contributed by atoms with E-state index in [-0.39, 0.29) is 5.56 Å². The molecule has 7 heteroatoms. The van der Waals surface area contributed by atoms with Crippen molar-refractivity contribution >= 4 is 33.8 Å². The first-order chi connectivity index (χ1) is 14.3. The molecule has 0 saturated carbocycles. The molecule has 0 radical (unpaired) electrons. The molecule has 5 rings (SSSR count). The van der Waals surface area contributed by atoms with Gasteiger partial charge in [-0.15, -0.1) is 0 Å². The van der Waals surface area contributed by atoms with Crippen molar-refractivity contribution in [3.8, 4) is 0 Å². The maximum Gasteiger partial charge on any atom is 0.262 e. The van der Waals surface area contributed by atoms with Crippen molar-refractivity contribution in [3.05, 3.63) is 94.9 Å². The summed E-state index contributed by atoms with van der Waals surface area (Å²) in [5.41, 5.74) is 3.12. The number of benzene rings is 2. The van der Waals surface area contributed by atoms with Gasteiger partial charge in [0.2, 0.25) is 5.89 Å². The summed E-state index contributed by atoms with van der Waals surface area (Å²) in [7, 11) is 0. The minimum absolute atomic E-state index is 0.0699. The number of hydrogen-bond donors (Lipinski definition) is 0. The van der Waals surface area contributed by atoms with Crippen LogP contribution < -0.4 is 5.56 Å². The molecule has 29 heavy (non-hydrogen) atoms. The largest absolute Gasteiger partial charge is 0.440 e. The predicted octanol–water partition coefficient (Wildman–Crippen LogP) is 4.27. The molecule has 3 aromatic heterocycles. The fourth-order valence-electron chi connectivity index (χ4n) is 3.18. The third kappa shape index (κ3) is 3.52. The van der Waals surface area contributed by atoms with E-state index in [1.54, 1.807) is 23.0 Å². The highest BCUT2D eigenvalue weighted by Gasteiger charge is 2.14. The lowest BCUT2D eigenvalue weighted by Crippen LogP contribution is -2.24. The van der Waals surface area contributed by atoms with E-state index >= 15 is 0 Å². The van der Waals surface area contributed by atoms with Gasteiger partial charge in [0.05, 0.1) is 23.2 Å². The minimum Gasteiger partial charge on any atom is -0.440 e. The summed E-state index contributed by atoms with van der Waals surface area (Å²) in [4.78, 5) is 26.6. The van der Waals surface area contributed by atoms with Crippen LogP contribution in [-0.2, 0) is 12.3 Å². The van der Waals surface area contributed by atoms with Crippen LogP contribution in [0.4, 0.5) is 0 Å². The van der Waals surface area contributed by atoms with Gasteiger partial charge in [0.1, 0.15) is 5.52 Å². The molecule has 0 amide bonds. The molecule has 2 aromatic carbocycles. The van der Waals surface area contributed by atoms with Gasteiger partial charge in [0.15, 0.2) is 10.7 Å². The minimum atomic E-state index is -0.0699. The van der Waals surface area contributed by atoms with E-state index in [9.17, 15) is 4.79 Å². The van der Waals surface area contributed by atoms with E-state index in [1.807, 2.05) is 54.6 Å². The molecular formula is C22H16N4O2S. The maximum atomic E-state index is 13.2. The van der Waals surface area contributed by atoms with Crippen LogP contribution in [0.2, 0.25) is 0 Å². The van der Waals surface area contributed by atoms with Crippen LogP contribution >= 0.6 is 11.8 Å². The Kier molecular flexibility index (Phi) is 4.57. The van der Waals surface area contributed by atoms with E-state index in [0.29, 0.717) is 34.2 Å². The molecule has 3 heterocycles. The number of thioether (sulfide) groups is 1. The van der Waals surface area contributed by atoms with Gasteiger partial charge in [0.25, 0.3) is 5.56 Å². The summed E-state index contributed by atoms with van der Waals surface area (Å²) >= 11 is 1.44. The quantitative estimate of drug-likeness (QED) is 0.324. The van der Waals surface area contributed by atoms with Gasteiger partial charge in [-0.25, -0.2) is 9.97 Å². The van der Waals surface area contributed by atoms with Gasteiger partial charge in [-0.2, -0.15) is 0 Å². The topological polar surface area (TPSA) is 73.8 Å². The van der Waals surface area contributed by atoms with Crippen LogP contribution in [0.5, 0.6) is 0 Å². The van der Waals surface area contributed by atoms with Crippen LogP contribution in [0.3, 0.4) is 0 Å². The highest BCUT2D eigenvalue weighted by molar-refractivity contribution is 7.98. The normalized spacial score (nSPS) is 11.3. The molecule has 0 aliphatic carbocycles. The van der Waals surface area contributed by atoms with Crippen LogP contribution in [0, 0.1) is 0 Å². The maximum absolute atomic E-state index is 13.2. The average Bonchev–Trinajstić information content (AvgIpc) is 3.18. The fourth-order valence-corrected chi connectivity index (χ4v) is 4.02. The van der Waals surface area contributed by atoms with E-state index in [1.165, 1.54) is 11.8 Å². The highest BCUT2D eigenvalue weighted by Crippen LogP contribution is 2.24. The number of rotatable bonds is 5. The molecule has 0 unspecified atom stereocenters. The first-order valence-electron chi connectivity index (χ1n) is 9.14. The molecule has 0 aliphatic rings. The van der Waals surface area contributed by atoms with Crippen LogP contribution in [0.1, 0.15) is 11.5 Å². The fraction of sp³-hybridized carbons (Fsp3) is 0.0909. The number of pyridine rings is 1. The van der Waals surface area contributed by atoms with Gasteiger partial charge in [-0.05, 0) is 35.9 Å². The molecule has 6 nitrogen and oxygen atoms in total. The predicted molar refractivity (Wildman–Crippen MR) is 113 cm³/mol. The smallest absolute Gasteiger partial charge is 0.262 e. The molecule has 0 spiro atoms. The van der Waals surface area contributed by atoms with Gasteiger partial charge < -0.3 is 4.42 Å². The summed E-state index contributed by atoms with van der Waals surface area (Å²) in [6.45, 7) is 0.403. The van der Waals surface area contributed by atoms with E-state index < -0.39 is 0 Å². The highest BCUT2D eigenvalue weighted by atomic mass is 32.2. The van der Waals surface area contributed by atoms with Crippen LogP contribution in [-0.4, -0.2) is 19.5 Å². The summed E-state index contributed by atoms with van der Waals surface area (Å²) in [6, 6.07) is 18.9. The Morgan fingerprint density at radius 3 is 2.59 bits per heavy atom. The van der Waals surface area contributed by atoms with Gasteiger partial charge in [-0.3, -0.25) is 14.3 Å². The second kappa shape index (κ2) is 7.52. The summed E-state index contributed by atoms with van der Waals surface area (Å²) in [6.07, 6.45) is 3.48. The number of nitrogens with zero attached hydrogens (tertiary/aromatic N) is 4. The van der Waals surface area contributed by atoms with E-state index in [4.69, 9.17) is 9.40 Å². The lowest BCUT2D eigenvalue weighted by molar-refractivity contribution is 0.555. The van der Waals surface area contributed by atoms with Crippen molar-refractivity contribution in [2.45, 2.75) is 17.5 Å². The third-order valence-electron chi connectivity index (χ3n) is 4.55. The number of para-hydroxylation sites is 3. The summed E-state index contributed by atoms with van der Waals surface area (Å²) in [5.74, 6) is 1.08. The zero-order chi connectivity index (χ0) is 19.6. The van der Waals surface area contributed by atoms with E-state index in [0.717, 1.165) is 16.7 Å². The number of aromatic nitrogens is 4. The average molecular weight is 400 g/mol. The lowest BCUT2D eigenvalue weighted by atomic mass is 10.2. The molecule has 0 fully saturated rings. The molecule has 5 aromatic rings. The van der Waals surface area contributed by atoms with Crippen molar-refractivity contribution in [2.24, 2.45) is 0 Å². The second-order valence-electron chi connectivity index (χ2n) is 6.53. The van der Waals surface area contributed by atoms with Gasteiger partial charge >= 0.3 is 0 Å². The SMILES string of the molecule is O=c1c2ccccc2nc(SCc2nc3ccccc3o2)n1Cc1cccnc1. The van der Waals surface area contributed by atoms with Crippen molar-refractivity contribution in [2.75, 3.05) is 0 Å². The number of oxazole rings is 1. The molecule has 0 atom stereocenters. The number of hydrogen-bond acceptors (Lipinski definition) is 6. The van der Waals surface area contributed by atoms with Crippen molar-refractivity contribution < 1.29 is 4.42 Å². The molecular weight excluding hydrogens is 384 g/mol. The monoisotopic (exact) mass is 400 g/mol. The van der Waals surface area contributed by atoms with Crippen molar-refractivity contribution in [3.63, 3.8) is 0 Å². The molecule has 142 valence electrons. The van der Waals surface area contributed by atoms with Crippen molar-refractivity contribution in [1.82, 2.24) is 19.5 Å². The Morgan fingerprint density at radius 1 is 0.931 bits per heavy atom. The molecule has 0 N–H and O–H groups in total. The Balaban J connectivity index is 1.53. The van der Waals surface area contributed by atoms with Crippen LogP contribution in [0.25, 0.3) is 22.0 Å². The summed E-state index contributed by atoms with van der Waals surface area (Å²) in [5, 5.41) is 1.22. The lowest BCUT2D eigenvalue weighted by Gasteiger charge is -2.12. The van der Waals surface area contributed by atoms with Gasteiger partial charge in [-0.1, -0.05) is 42.1 Å². The zero-order valence-corrected chi connectivity index (χ0v) is 16.2. The van der Waals surface area contributed by atoms with Gasteiger partial charge in [0, 0.05) is 12.4 Å². The zero-order valence-electron chi connectivity index (χ0n) is 15.4. The molecule has 0 bridgehead atoms. The van der Waals surface area contributed by atoms with Crippen molar-refractivity contribution in [1.29, 1.82) is 0 Å². The number of fused-ring (bicyclic) bond motifs is 2. The van der Waals surface area contributed by atoms with E-state index in [2.05, 4.69) is 9.97 Å². The Morgan fingerprint density at radius 2 is 1.76 bits per heavy atom. The Hall–Kier alpha value is -3.45. The molecule has 0 saturated heterocycles. The first-order valence-corrected chi connectivity index (χ1v) is 10.1. The first kappa shape index (κ1) is 17.6. The summed E-state index contributed by atoms with van der Waals surface area (Å²) < 4.78 is 7.50. The second-order valence-corrected chi connectivity index (χ2v) is 7.47. The third-order valence-corrected chi connectivity index (χ3v) is 5.51. The Bertz CT molecular complexity index is 1330. The molecule has 0 aliphatic heterocycles. The standard InChI is InChI=1S/C22H16N4O2S/c27-21-16-7-1-2-8-17(16)25-22(26(21)13-15-6-5-11-23-12-15)29-14-20-24-18-9-3-4-10-19(18)28-20/h1-12H,13-14H2. The van der Waals surface area contributed by atoms with Crippen LogP contribution in [0.15, 0.2) is 87.4 Å².